The first-order chi connectivity index (χ1) is 15.5. The zero-order chi connectivity index (χ0) is 23.9. The van der Waals surface area contributed by atoms with Gasteiger partial charge in [-0.1, -0.05) is 20.8 Å². The molecule has 3 saturated heterocycles. The smallest absolute Gasteiger partial charge is 0.286 e. The monoisotopic (exact) mass is 448 g/mol. The lowest BCUT2D eigenvalue weighted by Crippen LogP contribution is -2.62. The molecule has 2 aromatic heterocycles. The van der Waals surface area contributed by atoms with Crippen molar-refractivity contribution in [1.82, 2.24) is 19.7 Å². The number of ketones is 1. The van der Waals surface area contributed by atoms with Crippen molar-refractivity contribution in [1.29, 1.82) is 5.26 Å². The maximum absolute atomic E-state index is 13.8. The van der Waals surface area contributed by atoms with Crippen LogP contribution in [0.3, 0.4) is 0 Å². The number of Topliss-reactive ketones (excluding diaryl/α,β-unsaturated/α-hetero) is 1. The van der Waals surface area contributed by atoms with E-state index in [-0.39, 0.29) is 27.3 Å². The molecule has 5 rings (SSSR count). The van der Waals surface area contributed by atoms with Crippen molar-refractivity contribution in [2.45, 2.75) is 45.2 Å². The normalized spacial score (nSPS) is 28.4. The van der Waals surface area contributed by atoms with Gasteiger partial charge in [-0.3, -0.25) is 14.3 Å². The highest BCUT2D eigenvalue weighted by Crippen LogP contribution is 2.44. The van der Waals surface area contributed by atoms with Crippen molar-refractivity contribution >= 4 is 23.4 Å². The van der Waals surface area contributed by atoms with Crippen LogP contribution in [0.5, 0.6) is 0 Å². The third-order valence-electron chi connectivity index (χ3n) is 7.09. The molecule has 170 valence electrons. The molecular weight excluding hydrogens is 422 g/mol. The van der Waals surface area contributed by atoms with Gasteiger partial charge in [0, 0.05) is 12.5 Å². The summed E-state index contributed by atoms with van der Waals surface area (Å²) in [4.78, 5) is 48.2. The number of aryl methyl sites for hydroxylation is 2. The second-order valence-corrected chi connectivity index (χ2v) is 10.2. The average molecular weight is 449 g/mol. The number of hydrogen-bond acceptors (Lipinski definition) is 7. The number of amides is 3. The van der Waals surface area contributed by atoms with Gasteiger partial charge in [-0.15, -0.1) is 0 Å². The molecule has 0 N–H and O–H groups in total. The van der Waals surface area contributed by atoms with E-state index in [9.17, 15) is 14.4 Å². The molecule has 10 nitrogen and oxygen atoms in total. The van der Waals surface area contributed by atoms with E-state index in [0.29, 0.717) is 36.7 Å². The Morgan fingerprint density at radius 2 is 1.97 bits per heavy atom. The molecule has 3 amide bonds. The molecule has 2 bridgehead atoms. The molecule has 0 saturated carbocycles. The number of urea groups is 1. The van der Waals surface area contributed by atoms with Crippen LogP contribution in [0.25, 0.3) is 0 Å². The van der Waals surface area contributed by atoms with Crippen molar-refractivity contribution < 1.29 is 18.9 Å². The number of carbonyl (C=O) groups excluding carboxylic acids is 3. The summed E-state index contributed by atoms with van der Waals surface area (Å²) in [6, 6.07) is 3.70. The van der Waals surface area contributed by atoms with E-state index in [0.717, 1.165) is 10.6 Å². The topological polar surface area (TPSA) is 112 Å². The molecule has 3 fully saturated rings. The summed E-state index contributed by atoms with van der Waals surface area (Å²) >= 11 is 0. The van der Waals surface area contributed by atoms with Crippen LogP contribution in [0.1, 0.15) is 48.2 Å². The first-order valence-corrected chi connectivity index (χ1v) is 10.9. The molecule has 3 aliphatic rings. The minimum absolute atomic E-state index is 0.176. The largest absolute Gasteiger partial charge is 0.433 e. The van der Waals surface area contributed by atoms with E-state index in [2.05, 4.69) is 10.1 Å². The quantitative estimate of drug-likeness (QED) is 0.397. The lowest BCUT2D eigenvalue weighted by atomic mass is 9.91. The second kappa shape index (κ2) is 6.79. The molecule has 33 heavy (non-hydrogen) atoms. The first-order valence-electron chi connectivity index (χ1n) is 10.9. The molecule has 10 heteroatoms. The van der Waals surface area contributed by atoms with E-state index in [4.69, 9.17) is 5.26 Å². The number of carbonyl (C=O) groups is 3. The molecule has 4 unspecified atom stereocenters. The lowest BCUT2D eigenvalue weighted by Gasteiger charge is -2.32. The van der Waals surface area contributed by atoms with Gasteiger partial charge in [-0.25, -0.2) is 19.2 Å². The minimum Gasteiger partial charge on any atom is -0.286 e. The van der Waals surface area contributed by atoms with Crippen LogP contribution in [0.15, 0.2) is 18.3 Å². The number of nitriles is 1. The Hall–Kier alpha value is -3.42. The van der Waals surface area contributed by atoms with Gasteiger partial charge in [0.25, 0.3) is 5.91 Å². The second-order valence-electron chi connectivity index (χ2n) is 10.2. The fourth-order valence-corrected chi connectivity index (χ4v) is 5.31. The number of pyridine rings is 1. The summed E-state index contributed by atoms with van der Waals surface area (Å²) in [5, 5.41) is 13.7. The Morgan fingerprint density at radius 3 is 2.58 bits per heavy atom. The maximum atomic E-state index is 13.8. The Bertz CT molecular complexity index is 1270. The molecule has 2 aromatic rings. The molecule has 5 heterocycles. The number of imide groups is 1. The average Bonchev–Trinajstić information content (AvgIpc) is 3.48. The van der Waals surface area contributed by atoms with E-state index >= 15 is 0 Å². The Kier molecular flexibility index (Phi) is 4.41. The Balaban J connectivity index is 1.54. The Morgan fingerprint density at radius 1 is 1.24 bits per heavy atom. The van der Waals surface area contributed by atoms with Crippen LogP contribution >= 0.6 is 0 Å². The molecule has 3 aliphatic heterocycles. The van der Waals surface area contributed by atoms with Gasteiger partial charge in [0.05, 0.1) is 30.7 Å². The van der Waals surface area contributed by atoms with Crippen LogP contribution in [0.2, 0.25) is 0 Å². The van der Waals surface area contributed by atoms with Gasteiger partial charge < -0.3 is 0 Å². The number of hydrogen-bond donors (Lipinski definition) is 0. The van der Waals surface area contributed by atoms with Gasteiger partial charge in [-0.05, 0) is 24.6 Å². The van der Waals surface area contributed by atoms with Crippen molar-refractivity contribution in [3.8, 4) is 6.07 Å². The standard InChI is InChI=1S/C23H26N7O3/c1-13-6-14(9-25-15(13)8-24)29-21(32)18-11-28-10-17(30(18,12-28)22(29)33)20(31)16-7-19(23(2,3)4)26-27(16)5/h6-7,9,17-18H,10-12H2,1-5H3/q+1. The summed E-state index contributed by atoms with van der Waals surface area (Å²) < 4.78 is 1.36. The number of rotatable bonds is 3. The lowest BCUT2D eigenvalue weighted by molar-refractivity contribution is -0.852. The van der Waals surface area contributed by atoms with Gasteiger partial charge in [-0.2, -0.15) is 15.3 Å². The van der Waals surface area contributed by atoms with E-state index < -0.39 is 18.1 Å². The summed E-state index contributed by atoms with van der Waals surface area (Å²) in [5.74, 6) is -0.504. The van der Waals surface area contributed by atoms with Gasteiger partial charge in [0.15, 0.2) is 12.1 Å². The fraction of sp³-hybridized carbons (Fsp3) is 0.478. The van der Waals surface area contributed by atoms with Crippen LogP contribution < -0.4 is 4.90 Å². The summed E-state index contributed by atoms with van der Waals surface area (Å²) in [6.45, 7) is 8.99. The highest BCUT2D eigenvalue weighted by atomic mass is 16.2. The maximum Gasteiger partial charge on any atom is 0.433 e. The van der Waals surface area contributed by atoms with Gasteiger partial charge in [0.1, 0.15) is 24.1 Å². The zero-order valence-electron chi connectivity index (χ0n) is 19.4. The van der Waals surface area contributed by atoms with Gasteiger partial charge in [0.2, 0.25) is 5.78 Å². The van der Waals surface area contributed by atoms with Crippen molar-refractivity contribution in [3.63, 3.8) is 0 Å². The van der Waals surface area contributed by atoms with E-state index in [1.54, 1.807) is 30.8 Å². The zero-order valence-corrected chi connectivity index (χ0v) is 19.4. The fourth-order valence-electron chi connectivity index (χ4n) is 5.31. The van der Waals surface area contributed by atoms with Gasteiger partial charge >= 0.3 is 6.03 Å². The third-order valence-corrected chi connectivity index (χ3v) is 7.09. The predicted octanol–water partition coefficient (Wildman–Crippen LogP) is 1.48. The van der Waals surface area contributed by atoms with Crippen molar-refractivity contribution in [2.75, 3.05) is 24.7 Å². The number of anilines is 1. The molecule has 0 radical (unpaired) electrons. The number of quaternary nitrogens is 1. The molecule has 4 atom stereocenters. The molecule has 0 aromatic carbocycles. The number of piperazine rings is 1. The first kappa shape index (κ1) is 21.4. The highest BCUT2D eigenvalue weighted by molar-refractivity contribution is 6.19. The molecular formula is C23H26N7O3+. The number of fused-ring (bicyclic) bond motifs is 1. The molecule has 1 spiro atoms. The Labute approximate surface area is 191 Å². The third kappa shape index (κ3) is 2.82. The summed E-state index contributed by atoms with van der Waals surface area (Å²) in [6.07, 6.45) is 1.38. The SMILES string of the molecule is Cc1cc(N2C(=O)C3CN4CC(C(=O)c5cc(C(C)(C)C)nn5C)[N+]3(C4)C2=O)cnc1C#N. The van der Waals surface area contributed by atoms with E-state index in [1.165, 1.54) is 6.20 Å². The van der Waals surface area contributed by atoms with Crippen LogP contribution in [-0.4, -0.2) is 73.7 Å². The predicted molar refractivity (Wildman–Crippen MR) is 117 cm³/mol. The van der Waals surface area contributed by atoms with Crippen LogP contribution in [0.4, 0.5) is 10.5 Å². The van der Waals surface area contributed by atoms with Crippen LogP contribution in [-0.2, 0) is 17.3 Å². The van der Waals surface area contributed by atoms with Crippen molar-refractivity contribution in [3.05, 3.63) is 41.0 Å². The summed E-state index contributed by atoms with van der Waals surface area (Å²) in [5.41, 5.74) is 2.19. The molecule has 0 aliphatic carbocycles. The highest BCUT2D eigenvalue weighted by Gasteiger charge is 2.73. The summed E-state index contributed by atoms with van der Waals surface area (Å²) in [7, 11) is 1.73. The van der Waals surface area contributed by atoms with Crippen molar-refractivity contribution in [2.24, 2.45) is 7.05 Å². The van der Waals surface area contributed by atoms with E-state index in [1.807, 2.05) is 31.7 Å². The van der Waals surface area contributed by atoms with Crippen LogP contribution in [0, 0.1) is 18.3 Å². The number of nitrogens with zero attached hydrogens (tertiary/aromatic N) is 7. The number of aromatic nitrogens is 3. The minimum atomic E-state index is -0.680.